The normalized spacial score (nSPS) is 12.8. The second kappa shape index (κ2) is 19.6. The van der Waals surface area contributed by atoms with Crippen molar-refractivity contribution in [1.82, 2.24) is 4.57 Å². The summed E-state index contributed by atoms with van der Waals surface area (Å²) in [6.07, 6.45) is 0.738. The molecule has 0 spiro atoms. The van der Waals surface area contributed by atoms with Crippen LogP contribution < -0.4 is 0 Å². The number of nitrogens with zero attached hydrogens (tertiary/aromatic N) is 2. The first-order valence-corrected chi connectivity index (χ1v) is 27.3. The fourth-order valence-corrected chi connectivity index (χ4v) is 13.5. The Kier molecular flexibility index (Phi) is 12.2. The third-order valence-corrected chi connectivity index (χ3v) is 16.9. The van der Waals surface area contributed by atoms with Crippen molar-refractivity contribution in [1.29, 1.82) is 5.26 Å². The second-order valence-electron chi connectivity index (χ2n) is 21.7. The van der Waals surface area contributed by atoms with Gasteiger partial charge in [0.2, 0.25) is 0 Å². The van der Waals surface area contributed by atoms with Crippen LogP contribution in [0.4, 0.5) is 8.78 Å². The molecule has 1 heterocycles. The van der Waals surface area contributed by atoms with Gasteiger partial charge in [-0.1, -0.05) is 183 Å². The molecule has 1 aliphatic rings. The van der Waals surface area contributed by atoms with E-state index in [-0.39, 0.29) is 6.04 Å². The van der Waals surface area contributed by atoms with Crippen molar-refractivity contribution in [3.05, 3.63) is 322 Å². The second-order valence-corrected chi connectivity index (χ2v) is 21.7. The molecule has 1 aliphatic carbocycles. The van der Waals surface area contributed by atoms with Gasteiger partial charge in [0.15, 0.2) is 0 Å². The standard InChI is InChI=1S/C76H56F2N2/c1-46-37-53(45-79)40-55(38-46)68-44-70-74(65-29-13-11-26-62(65)68)67-36-35-54(41-69(67)76(70,56-21-16-23-58(77)42-56)57-22-17-24-59(78)43-57)50(5)61-30-18-31-66-63-27-14-15-32-71(63)80(75(61)66)51(6)72-47(2)33-34-48(3)73(72)64-28-12-10-25-60(64)49(4)39-52-19-8-7-9-20-52/h7-38,40-44,51H,4-5,39H2,1-3,6H3. The monoisotopic (exact) mass is 1030 g/mol. The SMILES string of the molecule is C=C(Cc1ccccc1)c1ccccc1-c1c(C)ccc(C)c1C(C)n1c2ccccc2c2cccc(C(=C)c3ccc4c(c3)C(c3cccc(F)c3)(c3cccc(F)c3)c3cc(-c5cc(C)cc(C#N)c5)c5ccccc5c3-4)c21. The summed E-state index contributed by atoms with van der Waals surface area (Å²) in [4.78, 5) is 0. The summed E-state index contributed by atoms with van der Waals surface area (Å²) >= 11 is 0. The van der Waals surface area contributed by atoms with E-state index in [1.165, 1.54) is 39.9 Å². The van der Waals surface area contributed by atoms with Gasteiger partial charge in [0.05, 0.1) is 28.6 Å². The molecule has 0 saturated heterocycles. The van der Waals surface area contributed by atoms with Crippen LogP contribution in [0, 0.1) is 43.7 Å². The average Bonchev–Trinajstić information content (AvgIpc) is 4.19. The van der Waals surface area contributed by atoms with Crippen molar-refractivity contribution in [2.75, 3.05) is 0 Å². The fraction of sp³-hybridized carbons (Fsp3) is 0.0921. The number of rotatable bonds is 11. The molecule has 0 fully saturated rings. The van der Waals surface area contributed by atoms with Crippen molar-refractivity contribution in [3.63, 3.8) is 0 Å². The predicted molar refractivity (Wildman–Crippen MR) is 328 cm³/mol. The quantitative estimate of drug-likeness (QED) is 0.127. The van der Waals surface area contributed by atoms with E-state index in [0.717, 1.165) is 111 Å². The number of allylic oxidation sites excluding steroid dienone is 1. The van der Waals surface area contributed by atoms with Crippen LogP contribution in [-0.2, 0) is 11.8 Å². The predicted octanol–water partition coefficient (Wildman–Crippen LogP) is 19.6. The lowest BCUT2D eigenvalue weighted by molar-refractivity contribution is 0.614. The van der Waals surface area contributed by atoms with Crippen LogP contribution >= 0.6 is 0 Å². The minimum absolute atomic E-state index is 0.153. The number of aryl methyl sites for hydroxylation is 3. The smallest absolute Gasteiger partial charge is 0.123 e. The first-order valence-electron chi connectivity index (χ1n) is 27.3. The molecule has 1 unspecified atom stereocenters. The molecule has 1 atom stereocenters. The average molecular weight is 1040 g/mol. The highest BCUT2D eigenvalue weighted by Crippen LogP contribution is 2.60. The maximum absolute atomic E-state index is 16.1. The van der Waals surface area contributed by atoms with Gasteiger partial charge in [-0.05, 0) is 205 Å². The molecule has 12 aromatic rings. The number of fused-ring (bicyclic) bond motifs is 8. The van der Waals surface area contributed by atoms with E-state index in [9.17, 15) is 5.26 Å². The Morgan fingerprint density at radius 3 is 1.91 bits per heavy atom. The zero-order valence-electron chi connectivity index (χ0n) is 45.2. The Hall–Kier alpha value is -9.69. The van der Waals surface area contributed by atoms with Crippen molar-refractivity contribution < 1.29 is 8.78 Å². The minimum atomic E-state index is -1.21. The largest absolute Gasteiger partial charge is 0.333 e. The van der Waals surface area contributed by atoms with E-state index >= 15 is 8.78 Å². The number of halogens is 2. The van der Waals surface area contributed by atoms with Gasteiger partial charge < -0.3 is 4.57 Å². The molecular weight excluding hydrogens is 979 g/mol. The van der Waals surface area contributed by atoms with Crippen LogP contribution in [0.15, 0.2) is 238 Å². The Morgan fingerprint density at radius 2 is 1.18 bits per heavy atom. The Labute approximate surface area is 466 Å². The van der Waals surface area contributed by atoms with E-state index < -0.39 is 17.0 Å². The lowest BCUT2D eigenvalue weighted by atomic mass is 9.66. The third-order valence-electron chi connectivity index (χ3n) is 16.9. The molecule has 2 nitrogen and oxygen atoms in total. The molecule has 11 aromatic carbocycles. The van der Waals surface area contributed by atoms with E-state index in [2.05, 4.69) is 190 Å². The van der Waals surface area contributed by atoms with E-state index in [4.69, 9.17) is 6.58 Å². The van der Waals surface area contributed by atoms with Crippen molar-refractivity contribution >= 4 is 43.7 Å². The van der Waals surface area contributed by atoms with E-state index in [1.54, 1.807) is 24.3 Å². The number of aromatic nitrogens is 1. The molecule has 384 valence electrons. The molecule has 13 rings (SSSR count). The van der Waals surface area contributed by atoms with Gasteiger partial charge in [0.1, 0.15) is 11.6 Å². The van der Waals surface area contributed by atoms with E-state index in [0.29, 0.717) is 16.7 Å². The number of nitriles is 1. The van der Waals surface area contributed by atoms with Crippen molar-refractivity contribution in [2.24, 2.45) is 0 Å². The zero-order valence-corrected chi connectivity index (χ0v) is 45.2. The van der Waals surface area contributed by atoms with Crippen molar-refractivity contribution in [3.8, 4) is 39.4 Å². The molecule has 4 heteroatoms. The Morgan fingerprint density at radius 1 is 0.537 bits per heavy atom. The topological polar surface area (TPSA) is 28.7 Å². The van der Waals surface area contributed by atoms with Gasteiger partial charge in [-0.3, -0.25) is 0 Å². The molecule has 0 amide bonds. The summed E-state index contributed by atoms with van der Waals surface area (Å²) in [6, 6.07) is 77.8. The van der Waals surface area contributed by atoms with Gasteiger partial charge >= 0.3 is 0 Å². The van der Waals surface area contributed by atoms with E-state index in [1.807, 2.05) is 43.3 Å². The highest BCUT2D eigenvalue weighted by molar-refractivity contribution is 6.13. The van der Waals surface area contributed by atoms with Crippen LogP contribution in [0.2, 0.25) is 0 Å². The molecule has 80 heavy (non-hydrogen) atoms. The van der Waals surface area contributed by atoms with Gasteiger partial charge in [-0.15, -0.1) is 0 Å². The minimum Gasteiger partial charge on any atom is -0.333 e. The van der Waals surface area contributed by atoms with Gasteiger partial charge in [-0.2, -0.15) is 5.26 Å². The van der Waals surface area contributed by atoms with Crippen LogP contribution in [0.25, 0.3) is 77.1 Å². The molecule has 0 radical (unpaired) electrons. The number of para-hydroxylation sites is 2. The summed E-state index contributed by atoms with van der Waals surface area (Å²) in [6.45, 7) is 18.5. The molecule has 1 aromatic heterocycles. The molecule has 0 N–H and O–H groups in total. The molecule has 0 aliphatic heterocycles. The molecule has 0 bridgehead atoms. The Bertz CT molecular complexity index is 4540. The first kappa shape index (κ1) is 49.9. The highest BCUT2D eigenvalue weighted by atomic mass is 19.1. The van der Waals surface area contributed by atoms with Gasteiger partial charge in [-0.25, -0.2) is 8.78 Å². The summed E-state index contributed by atoms with van der Waals surface area (Å²) in [5, 5.41) is 14.5. The van der Waals surface area contributed by atoms with Crippen LogP contribution in [0.3, 0.4) is 0 Å². The highest BCUT2D eigenvalue weighted by Gasteiger charge is 2.48. The summed E-state index contributed by atoms with van der Waals surface area (Å²) in [5.41, 5.74) is 21.4. The Balaban J connectivity index is 1.04. The number of hydrogen-bond acceptors (Lipinski definition) is 1. The first-order chi connectivity index (χ1) is 38.9. The fourth-order valence-electron chi connectivity index (χ4n) is 13.5. The maximum atomic E-state index is 16.1. The van der Waals surface area contributed by atoms with Gasteiger partial charge in [0, 0.05) is 21.9 Å². The lowest BCUT2D eigenvalue weighted by Gasteiger charge is -2.34. The van der Waals surface area contributed by atoms with Gasteiger partial charge in [0.25, 0.3) is 0 Å². The maximum Gasteiger partial charge on any atom is 0.123 e. The van der Waals surface area contributed by atoms with Crippen LogP contribution in [-0.4, -0.2) is 4.57 Å². The van der Waals surface area contributed by atoms with Crippen LogP contribution in [0.5, 0.6) is 0 Å². The lowest BCUT2D eigenvalue weighted by Crippen LogP contribution is -2.29. The van der Waals surface area contributed by atoms with Crippen LogP contribution in [0.1, 0.15) is 85.3 Å². The summed E-state index contributed by atoms with van der Waals surface area (Å²) < 4.78 is 34.8. The third kappa shape index (κ3) is 7.95. The summed E-state index contributed by atoms with van der Waals surface area (Å²) in [5.74, 6) is -0.790. The summed E-state index contributed by atoms with van der Waals surface area (Å²) in [7, 11) is 0. The van der Waals surface area contributed by atoms with Crippen molar-refractivity contribution in [2.45, 2.75) is 45.6 Å². The zero-order chi connectivity index (χ0) is 55.0. The molecule has 0 saturated carbocycles. The molecular formula is C76H56F2N2. The number of benzene rings is 11. The number of hydrogen-bond donors (Lipinski definition) is 0.